The molecule has 2 aliphatic heterocycles. The fraction of sp³-hybridized carbons (Fsp3) is 0.364. The molecular formula is C33H36N4O6. The third kappa shape index (κ3) is 5.86. The van der Waals surface area contributed by atoms with Crippen molar-refractivity contribution in [2.24, 2.45) is 0 Å². The van der Waals surface area contributed by atoms with E-state index in [1.165, 1.54) is 29.1 Å². The minimum Gasteiger partial charge on any atom is -0.488 e. The molecule has 2 aromatic heterocycles. The zero-order valence-corrected chi connectivity index (χ0v) is 24.7. The smallest absolute Gasteiger partial charge is 0.342 e. The Morgan fingerprint density at radius 1 is 1.12 bits per heavy atom. The van der Waals surface area contributed by atoms with Crippen LogP contribution in [0.5, 0.6) is 11.6 Å². The van der Waals surface area contributed by atoms with Crippen LogP contribution in [0.15, 0.2) is 60.8 Å². The van der Waals surface area contributed by atoms with Crippen LogP contribution in [-0.4, -0.2) is 76.9 Å². The predicted molar refractivity (Wildman–Crippen MR) is 160 cm³/mol. The first-order chi connectivity index (χ1) is 21.0. The normalized spacial score (nSPS) is 18.7. The van der Waals surface area contributed by atoms with E-state index in [9.17, 15) is 9.90 Å². The van der Waals surface area contributed by atoms with E-state index >= 15 is 0 Å². The van der Waals surface area contributed by atoms with E-state index < -0.39 is 5.97 Å². The highest BCUT2D eigenvalue weighted by molar-refractivity contribution is 5.90. The van der Waals surface area contributed by atoms with Crippen LogP contribution in [0.4, 0.5) is 0 Å². The SMILES string of the molecule is COc1c(C(=O)O)cnn1-c1cccc(-c2cccc(C)c2OCc2ccc3c(c2)CCN(C2CCOCC2OC)C3)n1. The summed E-state index contributed by atoms with van der Waals surface area (Å²) in [5.74, 6) is 0.183. The van der Waals surface area contributed by atoms with Crippen molar-refractivity contribution in [3.8, 4) is 28.7 Å². The van der Waals surface area contributed by atoms with Gasteiger partial charge in [-0.1, -0.05) is 36.4 Å². The quantitative estimate of drug-likeness (QED) is 0.300. The Bertz CT molecular complexity index is 1620. The Morgan fingerprint density at radius 3 is 2.79 bits per heavy atom. The van der Waals surface area contributed by atoms with Crippen LogP contribution in [0.3, 0.4) is 0 Å². The van der Waals surface area contributed by atoms with Crippen LogP contribution in [0.2, 0.25) is 0 Å². The lowest BCUT2D eigenvalue weighted by Gasteiger charge is -2.41. The molecule has 0 aliphatic carbocycles. The molecule has 10 heteroatoms. The number of fused-ring (bicyclic) bond motifs is 1. The van der Waals surface area contributed by atoms with Gasteiger partial charge in [0.15, 0.2) is 5.82 Å². The molecule has 0 radical (unpaired) electrons. The van der Waals surface area contributed by atoms with Crippen LogP contribution >= 0.6 is 0 Å². The number of carboxylic acids is 1. The van der Waals surface area contributed by atoms with E-state index in [1.807, 2.05) is 37.3 Å². The first kappa shape index (κ1) is 28.9. The maximum atomic E-state index is 11.6. The van der Waals surface area contributed by atoms with Gasteiger partial charge in [-0.25, -0.2) is 9.78 Å². The second-order valence-corrected chi connectivity index (χ2v) is 10.9. The van der Waals surface area contributed by atoms with Crippen molar-refractivity contribution in [3.63, 3.8) is 0 Å². The van der Waals surface area contributed by atoms with E-state index in [2.05, 4.69) is 28.2 Å². The van der Waals surface area contributed by atoms with Gasteiger partial charge < -0.3 is 24.1 Å². The average Bonchev–Trinajstić information content (AvgIpc) is 3.49. The largest absolute Gasteiger partial charge is 0.488 e. The zero-order chi connectivity index (χ0) is 29.9. The third-order valence-corrected chi connectivity index (χ3v) is 8.32. The molecule has 4 aromatic rings. The van der Waals surface area contributed by atoms with Gasteiger partial charge in [0, 0.05) is 38.4 Å². The standard InChI is InChI=1S/C33H36N4O6/c1-21-6-4-7-25(27-8-5-9-30(35-27)37-32(41-3)26(17-34-37)33(38)39)31(21)43-19-22-10-11-24-18-36(14-12-23(24)16-22)28-13-15-42-20-29(28)40-2/h4-11,16-17,28-29H,12-15,18-20H2,1-3H3,(H,38,39). The van der Waals surface area contributed by atoms with Gasteiger partial charge in [-0.3, -0.25) is 4.90 Å². The van der Waals surface area contributed by atoms with E-state index in [-0.39, 0.29) is 17.5 Å². The molecule has 43 heavy (non-hydrogen) atoms. The van der Waals surface area contributed by atoms with Crippen molar-refractivity contribution in [1.82, 2.24) is 19.7 Å². The number of hydrogen-bond donors (Lipinski definition) is 1. The Kier molecular flexibility index (Phi) is 8.42. The Hall–Kier alpha value is -4.25. The van der Waals surface area contributed by atoms with Crippen LogP contribution in [0.1, 0.15) is 39.0 Å². The lowest BCUT2D eigenvalue weighted by Crippen LogP contribution is -2.51. The van der Waals surface area contributed by atoms with E-state index in [0.29, 0.717) is 30.8 Å². The fourth-order valence-corrected chi connectivity index (χ4v) is 6.08. The summed E-state index contributed by atoms with van der Waals surface area (Å²) in [5, 5.41) is 13.7. The van der Waals surface area contributed by atoms with Crippen molar-refractivity contribution in [1.29, 1.82) is 0 Å². The number of para-hydroxylation sites is 1. The van der Waals surface area contributed by atoms with Crippen molar-refractivity contribution in [3.05, 3.63) is 88.6 Å². The van der Waals surface area contributed by atoms with Gasteiger partial charge in [0.05, 0.1) is 31.7 Å². The lowest BCUT2D eigenvalue weighted by molar-refractivity contribution is -0.0858. The monoisotopic (exact) mass is 584 g/mol. The molecule has 4 heterocycles. The summed E-state index contributed by atoms with van der Waals surface area (Å²) in [6, 6.07) is 18.5. The summed E-state index contributed by atoms with van der Waals surface area (Å²) in [5.41, 5.74) is 6.32. The zero-order valence-electron chi connectivity index (χ0n) is 24.7. The Balaban J connectivity index is 1.20. The minimum absolute atomic E-state index is 0.0326. The second kappa shape index (κ2) is 12.5. The molecule has 2 atom stereocenters. The van der Waals surface area contributed by atoms with Gasteiger partial charge in [-0.05, 0) is 60.2 Å². The molecule has 2 aliphatic rings. The van der Waals surface area contributed by atoms with Crippen LogP contribution in [0, 0.1) is 6.92 Å². The van der Waals surface area contributed by atoms with Gasteiger partial charge in [0.2, 0.25) is 5.88 Å². The fourth-order valence-electron chi connectivity index (χ4n) is 6.08. The highest BCUT2D eigenvalue weighted by atomic mass is 16.5. The number of aromatic nitrogens is 3. The van der Waals surface area contributed by atoms with E-state index in [1.54, 1.807) is 13.2 Å². The van der Waals surface area contributed by atoms with E-state index in [0.717, 1.165) is 55.0 Å². The second-order valence-electron chi connectivity index (χ2n) is 10.9. The molecule has 10 nitrogen and oxygen atoms in total. The molecule has 224 valence electrons. The number of rotatable bonds is 9. The Labute approximate surface area is 250 Å². The molecular weight excluding hydrogens is 548 g/mol. The molecule has 1 saturated heterocycles. The van der Waals surface area contributed by atoms with Crippen LogP contribution < -0.4 is 9.47 Å². The topological polar surface area (TPSA) is 108 Å². The number of pyridine rings is 1. The molecule has 1 fully saturated rings. The minimum atomic E-state index is -1.12. The van der Waals surface area contributed by atoms with Gasteiger partial charge in [0.25, 0.3) is 0 Å². The molecule has 1 N–H and O–H groups in total. The summed E-state index contributed by atoms with van der Waals surface area (Å²) in [6.07, 6.45) is 3.36. The summed E-state index contributed by atoms with van der Waals surface area (Å²) >= 11 is 0. The summed E-state index contributed by atoms with van der Waals surface area (Å²) < 4.78 is 24.5. The lowest BCUT2D eigenvalue weighted by atomic mass is 9.94. The molecule has 0 saturated carbocycles. The molecule has 2 aromatic carbocycles. The Morgan fingerprint density at radius 2 is 1.98 bits per heavy atom. The molecule has 2 unspecified atom stereocenters. The molecule has 6 rings (SSSR count). The first-order valence-corrected chi connectivity index (χ1v) is 14.5. The van der Waals surface area contributed by atoms with Crippen molar-refractivity contribution >= 4 is 5.97 Å². The van der Waals surface area contributed by atoms with Crippen molar-refractivity contribution in [2.45, 2.75) is 45.1 Å². The average molecular weight is 585 g/mol. The van der Waals surface area contributed by atoms with Crippen molar-refractivity contribution < 1.29 is 28.8 Å². The molecule has 0 amide bonds. The van der Waals surface area contributed by atoms with Gasteiger partial charge in [0.1, 0.15) is 17.9 Å². The predicted octanol–water partition coefficient (Wildman–Crippen LogP) is 4.69. The summed E-state index contributed by atoms with van der Waals surface area (Å²) in [4.78, 5) is 18.9. The van der Waals surface area contributed by atoms with Crippen LogP contribution in [-0.2, 0) is 29.0 Å². The number of benzene rings is 2. The number of nitrogens with zero attached hydrogens (tertiary/aromatic N) is 4. The number of carboxylic acid groups (broad SMARTS) is 1. The highest BCUT2D eigenvalue weighted by Gasteiger charge is 2.32. The maximum Gasteiger partial charge on any atom is 0.342 e. The number of hydrogen-bond acceptors (Lipinski definition) is 8. The summed E-state index contributed by atoms with van der Waals surface area (Å²) in [7, 11) is 3.19. The third-order valence-electron chi connectivity index (χ3n) is 8.32. The number of carbonyl (C=O) groups is 1. The number of methoxy groups -OCH3 is 2. The van der Waals surface area contributed by atoms with Gasteiger partial charge >= 0.3 is 5.97 Å². The molecule has 0 spiro atoms. The van der Waals surface area contributed by atoms with E-state index in [4.69, 9.17) is 23.9 Å². The first-order valence-electron chi connectivity index (χ1n) is 14.5. The number of aromatic carboxylic acids is 1. The maximum absolute atomic E-state index is 11.6. The molecule has 0 bridgehead atoms. The van der Waals surface area contributed by atoms with Crippen LogP contribution in [0.25, 0.3) is 17.1 Å². The van der Waals surface area contributed by atoms with Gasteiger partial charge in [-0.2, -0.15) is 9.78 Å². The summed E-state index contributed by atoms with van der Waals surface area (Å²) in [6.45, 7) is 5.80. The van der Waals surface area contributed by atoms with Gasteiger partial charge in [-0.15, -0.1) is 0 Å². The highest BCUT2D eigenvalue weighted by Crippen LogP contribution is 2.34. The number of ether oxygens (including phenoxy) is 4. The number of aryl methyl sites for hydroxylation is 1. The van der Waals surface area contributed by atoms with Crippen molar-refractivity contribution in [2.75, 3.05) is 34.0 Å².